The van der Waals surface area contributed by atoms with Crippen LogP contribution in [-0.4, -0.2) is 44.4 Å². The zero-order valence-corrected chi connectivity index (χ0v) is 12.9. The molecule has 1 aromatic rings. The predicted molar refractivity (Wildman–Crippen MR) is 76.0 cm³/mol. The molecule has 1 aromatic carbocycles. The molecule has 0 bridgehead atoms. The second-order valence-corrected chi connectivity index (χ2v) is 6.55. The van der Waals surface area contributed by atoms with Gasteiger partial charge in [-0.1, -0.05) is 6.07 Å². The number of benzene rings is 1. The topological polar surface area (TPSA) is 92.6 Å². The standard InChI is InChI=1S/C12H18FN3O4S/c1-9(2)15(3)8-7-14-21(19,20)11-6-4-5-10(13)12(11)16(17)18/h4-6,9,14H,7-8H2,1-3H3. The van der Waals surface area contributed by atoms with Gasteiger partial charge in [-0.25, -0.2) is 13.1 Å². The molecule has 0 spiro atoms. The van der Waals surface area contributed by atoms with E-state index in [1.54, 1.807) is 0 Å². The highest BCUT2D eigenvalue weighted by Crippen LogP contribution is 2.26. The average Bonchev–Trinajstić information content (AvgIpc) is 2.37. The number of nitro benzene ring substituents is 1. The fraction of sp³-hybridized carbons (Fsp3) is 0.500. The van der Waals surface area contributed by atoms with Crippen LogP contribution in [0, 0.1) is 15.9 Å². The van der Waals surface area contributed by atoms with Crippen LogP contribution in [0.25, 0.3) is 0 Å². The maximum atomic E-state index is 13.4. The van der Waals surface area contributed by atoms with Gasteiger partial charge in [0.1, 0.15) is 0 Å². The van der Waals surface area contributed by atoms with Crippen molar-refractivity contribution in [2.45, 2.75) is 24.8 Å². The highest BCUT2D eigenvalue weighted by atomic mass is 32.2. The maximum Gasteiger partial charge on any atom is 0.324 e. The molecule has 0 fully saturated rings. The van der Waals surface area contributed by atoms with Gasteiger partial charge >= 0.3 is 5.69 Å². The third-order valence-corrected chi connectivity index (χ3v) is 4.55. The van der Waals surface area contributed by atoms with Gasteiger partial charge in [0, 0.05) is 19.1 Å². The number of nitrogens with zero attached hydrogens (tertiary/aromatic N) is 2. The molecule has 0 heterocycles. The molecule has 0 aliphatic rings. The minimum atomic E-state index is -4.14. The number of hydrogen-bond acceptors (Lipinski definition) is 5. The number of halogens is 1. The van der Waals surface area contributed by atoms with Crippen molar-refractivity contribution in [3.63, 3.8) is 0 Å². The summed E-state index contributed by atoms with van der Waals surface area (Å²) in [5, 5.41) is 10.8. The van der Waals surface area contributed by atoms with Crippen LogP contribution < -0.4 is 4.72 Å². The van der Waals surface area contributed by atoms with Crippen molar-refractivity contribution in [1.29, 1.82) is 0 Å². The molecular formula is C12H18FN3O4S. The lowest BCUT2D eigenvalue weighted by molar-refractivity contribution is -0.390. The van der Waals surface area contributed by atoms with Gasteiger partial charge in [0.15, 0.2) is 4.90 Å². The molecule has 0 radical (unpaired) electrons. The van der Waals surface area contributed by atoms with Crippen LogP contribution in [0.3, 0.4) is 0 Å². The summed E-state index contributed by atoms with van der Waals surface area (Å²) >= 11 is 0. The molecule has 0 aromatic heterocycles. The summed E-state index contributed by atoms with van der Waals surface area (Å²) in [5.41, 5.74) is -1.04. The Morgan fingerprint density at radius 2 is 2.05 bits per heavy atom. The Balaban J connectivity index is 2.94. The van der Waals surface area contributed by atoms with Crippen LogP contribution >= 0.6 is 0 Å². The van der Waals surface area contributed by atoms with E-state index in [2.05, 4.69) is 4.72 Å². The Morgan fingerprint density at radius 3 is 2.57 bits per heavy atom. The van der Waals surface area contributed by atoms with Gasteiger partial charge in [-0.3, -0.25) is 10.1 Å². The molecule has 21 heavy (non-hydrogen) atoms. The van der Waals surface area contributed by atoms with Crippen molar-refractivity contribution in [2.75, 3.05) is 20.1 Å². The molecule has 0 amide bonds. The van der Waals surface area contributed by atoms with Crippen LogP contribution in [0.15, 0.2) is 23.1 Å². The summed E-state index contributed by atoms with van der Waals surface area (Å²) in [6.07, 6.45) is 0. The number of rotatable bonds is 7. The molecule has 1 N–H and O–H groups in total. The molecule has 1 rings (SSSR count). The highest BCUT2D eigenvalue weighted by Gasteiger charge is 2.29. The maximum absolute atomic E-state index is 13.4. The number of nitro groups is 1. The molecule has 118 valence electrons. The fourth-order valence-electron chi connectivity index (χ4n) is 1.58. The van der Waals surface area contributed by atoms with Gasteiger partial charge in [0.2, 0.25) is 15.8 Å². The van der Waals surface area contributed by atoms with Crippen molar-refractivity contribution in [1.82, 2.24) is 9.62 Å². The van der Waals surface area contributed by atoms with E-state index in [1.165, 1.54) is 0 Å². The monoisotopic (exact) mass is 319 g/mol. The van der Waals surface area contributed by atoms with E-state index in [4.69, 9.17) is 0 Å². The molecule has 0 aliphatic carbocycles. The van der Waals surface area contributed by atoms with E-state index in [-0.39, 0.29) is 12.6 Å². The van der Waals surface area contributed by atoms with Crippen molar-refractivity contribution in [2.24, 2.45) is 0 Å². The van der Waals surface area contributed by atoms with Crippen LogP contribution in [0.5, 0.6) is 0 Å². The molecule has 0 aliphatic heterocycles. The molecular weight excluding hydrogens is 301 g/mol. The van der Waals surface area contributed by atoms with Crippen LogP contribution in [0.1, 0.15) is 13.8 Å². The Hall–Kier alpha value is -1.58. The normalized spacial score (nSPS) is 12.1. The summed E-state index contributed by atoms with van der Waals surface area (Å²) in [6, 6.07) is 3.22. The van der Waals surface area contributed by atoms with Crippen LogP contribution in [0.4, 0.5) is 10.1 Å². The zero-order chi connectivity index (χ0) is 16.2. The lowest BCUT2D eigenvalue weighted by Gasteiger charge is -2.20. The highest BCUT2D eigenvalue weighted by molar-refractivity contribution is 7.89. The Bertz CT molecular complexity index is 619. The molecule has 9 heteroatoms. The van der Waals surface area contributed by atoms with Gasteiger partial charge < -0.3 is 4.90 Å². The minimum Gasteiger partial charge on any atom is -0.303 e. The van der Waals surface area contributed by atoms with Crippen molar-refractivity contribution in [3.8, 4) is 0 Å². The van der Waals surface area contributed by atoms with Gasteiger partial charge in [0.05, 0.1) is 4.92 Å². The van der Waals surface area contributed by atoms with Crippen LogP contribution in [-0.2, 0) is 10.0 Å². The fourth-order valence-corrected chi connectivity index (χ4v) is 2.78. The van der Waals surface area contributed by atoms with E-state index in [9.17, 15) is 22.9 Å². The Labute approximate surface area is 123 Å². The lowest BCUT2D eigenvalue weighted by atomic mass is 10.3. The molecule has 0 unspecified atom stereocenters. The predicted octanol–water partition coefficient (Wildman–Crippen LogP) is 1.35. The van der Waals surface area contributed by atoms with E-state index < -0.39 is 31.3 Å². The SMILES string of the molecule is CC(C)N(C)CCNS(=O)(=O)c1cccc(F)c1[N+](=O)[O-]. The Morgan fingerprint density at radius 1 is 1.43 bits per heavy atom. The van der Waals surface area contributed by atoms with E-state index in [0.717, 1.165) is 18.2 Å². The summed E-state index contributed by atoms with van der Waals surface area (Å²) in [7, 11) is -2.32. The average molecular weight is 319 g/mol. The van der Waals surface area contributed by atoms with Gasteiger partial charge in [-0.15, -0.1) is 0 Å². The van der Waals surface area contributed by atoms with Crippen molar-refractivity contribution >= 4 is 15.7 Å². The third kappa shape index (κ3) is 4.45. The van der Waals surface area contributed by atoms with Crippen molar-refractivity contribution < 1.29 is 17.7 Å². The molecule has 0 saturated carbocycles. The second-order valence-electron chi connectivity index (χ2n) is 4.82. The lowest BCUT2D eigenvalue weighted by Crippen LogP contribution is -2.36. The van der Waals surface area contributed by atoms with Gasteiger partial charge in [-0.05, 0) is 33.0 Å². The minimum absolute atomic E-state index is 0.0741. The van der Waals surface area contributed by atoms with E-state index >= 15 is 0 Å². The summed E-state index contributed by atoms with van der Waals surface area (Å²) < 4.78 is 39.8. The van der Waals surface area contributed by atoms with Crippen LogP contribution in [0.2, 0.25) is 0 Å². The largest absolute Gasteiger partial charge is 0.324 e. The first kappa shape index (κ1) is 17.5. The van der Waals surface area contributed by atoms with E-state index in [1.807, 2.05) is 25.8 Å². The van der Waals surface area contributed by atoms with Gasteiger partial charge in [-0.2, -0.15) is 4.39 Å². The first-order valence-electron chi connectivity index (χ1n) is 6.29. The second kappa shape index (κ2) is 6.92. The quantitative estimate of drug-likeness (QED) is 0.605. The zero-order valence-electron chi connectivity index (χ0n) is 12.0. The van der Waals surface area contributed by atoms with Crippen molar-refractivity contribution in [3.05, 3.63) is 34.1 Å². The van der Waals surface area contributed by atoms with E-state index in [0.29, 0.717) is 6.54 Å². The molecule has 0 saturated heterocycles. The number of likely N-dealkylation sites (N-methyl/N-ethyl adjacent to an activating group) is 1. The van der Waals surface area contributed by atoms with Gasteiger partial charge in [0.25, 0.3) is 0 Å². The number of hydrogen-bond donors (Lipinski definition) is 1. The number of para-hydroxylation sites is 1. The molecule has 7 nitrogen and oxygen atoms in total. The first-order chi connectivity index (χ1) is 9.66. The summed E-state index contributed by atoms with van der Waals surface area (Å²) in [6.45, 7) is 4.41. The summed E-state index contributed by atoms with van der Waals surface area (Å²) in [4.78, 5) is 11.0. The smallest absolute Gasteiger partial charge is 0.303 e. The number of sulfonamides is 1. The third-order valence-electron chi connectivity index (χ3n) is 3.06. The molecule has 0 atom stereocenters. The first-order valence-corrected chi connectivity index (χ1v) is 7.78. The Kier molecular flexibility index (Phi) is 5.76. The summed E-state index contributed by atoms with van der Waals surface area (Å²) in [5.74, 6) is -1.18. The number of nitrogens with one attached hydrogen (secondary N) is 1.